The number of thiazole rings is 1. The van der Waals surface area contributed by atoms with Crippen LogP contribution in [0.5, 0.6) is 0 Å². The fourth-order valence-corrected chi connectivity index (χ4v) is 4.34. The molecule has 0 aliphatic rings. The first-order valence-electron chi connectivity index (χ1n) is 9.64. The number of likely N-dealkylation sites (N-methyl/N-ethyl adjacent to an activating group) is 1. The predicted molar refractivity (Wildman–Crippen MR) is 124 cm³/mol. The maximum atomic E-state index is 12.9. The molecule has 0 aliphatic heterocycles. The highest BCUT2D eigenvalue weighted by Gasteiger charge is 2.18. The number of carbonyl (C=O) groups is 1. The number of anilines is 1. The standard InChI is InChI=1S/C22H21ClN4O3S/c1-13-19(31-21(24-13)14-5-4-6-15(23)11-14)20(28)25-16-7-8-18-17(12-16)27(22(29)30-18)10-9-26(2)3/h4-8,11-12H,9-10H2,1-3H3,(H,25,28). The van der Waals surface area contributed by atoms with Crippen molar-refractivity contribution in [1.82, 2.24) is 14.5 Å². The molecule has 7 nitrogen and oxygen atoms in total. The molecule has 0 spiro atoms. The largest absolute Gasteiger partial charge is 0.419 e. The summed E-state index contributed by atoms with van der Waals surface area (Å²) in [5, 5.41) is 4.25. The number of nitrogens with zero attached hydrogens (tertiary/aromatic N) is 3. The number of amides is 1. The van der Waals surface area contributed by atoms with E-state index >= 15 is 0 Å². The molecule has 1 amide bonds. The average Bonchev–Trinajstić information content (AvgIpc) is 3.25. The molecule has 2 aromatic carbocycles. The van der Waals surface area contributed by atoms with Crippen molar-refractivity contribution in [2.75, 3.05) is 26.0 Å². The lowest BCUT2D eigenvalue weighted by molar-refractivity contribution is 0.103. The summed E-state index contributed by atoms with van der Waals surface area (Å²) in [6.45, 7) is 2.99. The van der Waals surface area contributed by atoms with E-state index in [9.17, 15) is 9.59 Å². The Morgan fingerprint density at radius 3 is 2.81 bits per heavy atom. The third kappa shape index (κ3) is 4.56. The van der Waals surface area contributed by atoms with Crippen LogP contribution < -0.4 is 11.1 Å². The van der Waals surface area contributed by atoms with Crippen LogP contribution in [0.25, 0.3) is 21.7 Å². The second-order valence-corrected chi connectivity index (χ2v) is 8.84. The van der Waals surface area contributed by atoms with E-state index in [1.165, 1.54) is 11.3 Å². The SMILES string of the molecule is Cc1nc(-c2cccc(Cl)c2)sc1C(=O)Nc1ccc2oc(=O)n(CCN(C)C)c2c1. The Hall–Kier alpha value is -2.94. The summed E-state index contributed by atoms with van der Waals surface area (Å²) in [5.41, 5.74) is 3.22. The Labute approximate surface area is 187 Å². The van der Waals surface area contributed by atoms with Crippen LogP contribution >= 0.6 is 22.9 Å². The first-order valence-corrected chi connectivity index (χ1v) is 10.8. The van der Waals surface area contributed by atoms with Crippen molar-refractivity contribution in [3.05, 3.63) is 68.6 Å². The zero-order valence-corrected chi connectivity index (χ0v) is 18.9. The van der Waals surface area contributed by atoms with Crippen LogP contribution in [-0.4, -0.2) is 41.0 Å². The van der Waals surface area contributed by atoms with Crippen molar-refractivity contribution in [3.8, 4) is 10.6 Å². The van der Waals surface area contributed by atoms with Gasteiger partial charge in [0.25, 0.3) is 5.91 Å². The zero-order chi connectivity index (χ0) is 22.1. The molecular weight excluding hydrogens is 436 g/mol. The lowest BCUT2D eigenvalue weighted by Crippen LogP contribution is -2.23. The molecule has 160 valence electrons. The summed E-state index contributed by atoms with van der Waals surface area (Å²) >= 11 is 7.39. The van der Waals surface area contributed by atoms with Gasteiger partial charge in [-0.25, -0.2) is 9.78 Å². The van der Waals surface area contributed by atoms with Gasteiger partial charge in [0.1, 0.15) is 9.88 Å². The average molecular weight is 457 g/mol. The Balaban J connectivity index is 1.60. The van der Waals surface area contributed by atoms with Crippen LogP contribution in [0.2, 0.25) is 5.02 Å². The lowest BCUT2D eigenvalue weighted by atomic mass is 10.2. The van der Waals surface area contributed by atoms with Crippen LogP contribution in [0, 0.1) is 6.92 Å². The number of benzene rings is 2. The van der Waals surface area contributed by atoms with Gasteiger partial charge in [-0.1, -0.05) is 23.7 Å². The highest BCUT2D eigenvalue weighted by atomic mass is 35.5. The number of hydrogen-bond donors (Lipinski definition) is 1. The van der Waals surface area contributed by atoms with Crippen molar-refractivity contribution in [2.45, 2.75) is 13.5 Å². The van der Waals surface area contributed by atoms with Gasteiger partial charge < -0.3 is 14.6 Å². The maximum absolute atomic E-state index is 12.9. The fourth-order valence-electron chi connectivity index (χ4n) is 3.19. The maximum Gasteiger partial charge on any atom is 0.419 e. The minimum atomic E-state index is -0.412. The normalized spacial score (nSPS) is 11.4. The Kier molecular flexibility index (Phi) is 5.95. The fraction of sp³-hybridized carbons (Fsp3) is 0.227. The Morgan fingerprint density at radius 2 is 2.06 bits per heavy atom. The van der Waals surface area contributed by atoms with Crippen molar-refractivity contribution < 1.29 is 9.21 Å². The second-order valence-electron chi connectivity index (χ2n) is 7.40. The number of rotatable bonds is 6. The lowest BCUT2D eigenvalue weighted by Gasteiger charge is -2.10. The molecular formula is C22H21ClN4O3S. The van der Waals surface area contributed by atoms with Crippen molar-refractivity contribution in [2.24, 2.45) is 0 Å². The van der Waals surface area contributed by atoms with E-state index in [0.29, 0.717) is 45.5 Å². The number of aromatic nitrogens is 2. The summed E-state index contributed by atoms with van der Waals surface area (Å²) < 4.78 is 6.88. The Morgan fingerprint density at radius 1 is 1.26 bits per heavy atom. The van der Waals surface area contributed by atoms with Crippen LogP contribution in [0.3, 0.4) is 0 Å². The van der Waals surface area contributed by atoms with E-state index < -0.39 is 5.76 Å². The summed E-state index contributed by atoms with van der Waals surface area (Å²) in [6.07, 6.45) is 0. The van der Waals surface area contributed by atoms with E-state index in [0.717, 1.165) is 10.6 Å². The molecule has 2 heterocycles. The molecule has 0 bridgehead atoms. The van der Waals surface area contributed by atoms with Gasteiger partial charge in [-0.05, 0) is 51.4 Å². The van der Waals surface area contributed by atoms with Gasteiger partial charge in [0.15, 0.2) is 5.58 Å². The van der Waals surface area contributed by atoms with Gasteiger partial charge in [0.05, 0.1) is 11.2 Å². The summed E-state index contributed by atoms with van der Waals surface area (Å²) in [5.74, 6) is -0.668. The molecule has 0 radical (unpaired) electrons. The first-order chi connectivity index (χ1) is 14.8. The molecule has 4 aromatic rings. The van der Waals surface area contributed by atoms with E-state index in [-0.39, 0.29) is 5.91 Å². The number of hydrogen-bond acceptors (Lipinski definition) is 6. The minimum Gasteiger partial charge on any atom is -0.408 e. The molecule has 0 aliphatic carbocycles. The molecule has 0 atom stereocenters. The van der Waals surface area contributed by atoms with Crippen LogP contribution in [0.1, 0.15) is 15.4 Å². The number of halogens is 1. The second kappa shape index (κ2) is 8.66. The van der Waals surface area contributed by atoms with E-state index in [2.05, 4.69) is 10.3 Å². The number of aryl methyl sites for hydroxylation is 1. The topological polar surface area (TPSA) is 80.4 Å². The smallest absolute Gasteiger partial charge is 0.408 e. The highest BCUT2D eigenvalue weighted by Crippen LogP contribution is 2.30. The number of oxazole rings is 1. The van der Waals surface area contributed by atoms with Crippen molar-refractivity contribution in [3.63, 3.8) is 0 Å². The molecule has 1 N–H and O–H groups in total. The Bertz CT molecular complexity index is 1320. The molecule has 0 unspecified atom stereocenters. The molecule has 0 saturated carbocycles. The molecule has 4 rings (SSSR count). The van der Waals surface area contributed by atoms with Gasteiger partial charge in [0, 0.05) is 29.4 Å². The van der Waals surface area contributed by atoms with E-state index in [1.54, 1.807) is 35.8 Å². The number of fused-ring (bicyclic) bond motifs is 1. The van der Waals surface area contributed by atoms with Gasteiger partial charge in [-0.2, -0.15) is 0 Å². The van der Waals surface area contributed by atoms with Gasteiger partial charge in [0.2, 0.25) is 0 Å². The van der Waals surface area contributed by atoms with Crippen LogP contribution in [-0.2, 0) is 6.54 Å². The zero-order valence-electron chi connectivity index (χ0n) is 17.3. The van der Waals surface area contributed by atoms with E-state index in [4.69, 9.17) is 16.0 Å². The highest BCUT2D eigenvalue weighted by molar-refractivity contribution is 7.17. The van der Waals surface area contributed by atoms with Crippen LogP contribution in [0.4, 0.5) is 5.69 Å². The molecule has 0 fully saturated rings. The quantitative estimate of drug-likeness (QED) is 0.462. The number of carbonyl (C=O) groups excluding carboxylic acids is 1. The van der Waals surface area contributed by atoms with Gasteiger partial charge >= 0.3 is 5.76 Å². The molecule has 0 saturated heterocycles. The third-order valence-electron chi connectivity index (χ3n) is 4.77. The summed E-state index contributed by atoms with van der Waals surface area (Å²) in [7, 11) is 3.88. The van der Waals surface area contributed by atoms with Gasteiger partial charge in [-0.15, -0.1) is 11.3 Å². The monoisotopic (exact) mass is 456 g/mol. The van der Waals surface area contributed by atoms with E-state index in [1.807, 2.05) is 37.2 Å². The first kappa shape index (κ1) is 21.3. The minimum absolute atomic E-state index is 0.256. The summed E-state index contributed by atoms with van der Waals surface area (Å²) in [4.78, 5) is 32.1. The molecule has 9 heteroatoms. The number of nitrogens with one attached hydrogen (secondary N) is 1. The van der Waals surface area contributed by atoms with Crippen molar-refractivity contribution >= 4 is 45.6 Å². The van der Waals surface area contributed by atoms with Crippen molar-refractivity contribution in [1.29, 1.82) is 0 Å². The predicted octanol–water partition coefficient (Wildman–Crippen LogP) is 4.49. The molecule has 31 heavy (non-hydrogen) atoms. The van der Waals surface area contributed by atoms with Gasteiger partial charge in [-0.3, -0.25) is 9.36 Å². The molecule has 2 aromatic heterocycles. The van der Waals surface area contributed by atoms with Crippen LogP contribution in [0.15, 0.2) is 51.7 Å². The summed E-state index contributed by atoms with van der Waals surface area (Å²) in [6, 6.07) is 12.5. The third-order valence-corrected chi connectivity index (χ3v) is 6.21.